The van der Waals surface area contributed by atoms with Crippen LogP contribution >= 0.6 is 0 Å². The zero-order valence-corrected chi connectivity index (χ0v) is 16.3. The van der Waals surface area contributed by atoms with Gasteiger partial charge in [0.15, 0.2) is 5.82 Å². The van der Waals surface area contributed by atoms with E-state index in [1.165, 1.54) is 11.1 Å². The molecule has 0 bridgehead atoms. The molecule has 1 aromatic carbocycles. The molecule has 144 valence electrons. The number of ether oxygens (including phenoxy) is 1. The molecule has 0 spiro atoms. The zero-order chi connectivity index (χ0) is 19.3. The third-order valence-electron chi connectivity index (χ3n) is 5.01. The molecule has 4 rings (SSSR count). The number of nitrogens with one attached hydrogen (secondary N) is 2. The minimum Gasteiger partial charge on any atom is -0.497 e. The van der Waals surface area contributed by atoms with Crippen molar-refractivity contribution in [2.75, 3.05) is 12.4 Å². The van der Waals surface area contributed by atoms with Gasteiger partial charge in [-0.25, -0.2) is 9.97 Å². The van der Waals surface area contributed by atoms with Crippen LogP contribution in [0.15, 0.2) is 48.8 Å². The molecule has 0 amide bonds. The third kappa shape index (κ3) is 4.12. The van der Waals surface area contributed by atoms with Crippen molar-refractivity contribution in [1.82, 2.24) is 20.3 Å². The molecular weight excluding hydrogens is 350 g/mol. The molecule has 6 heteroatoms. The summed E-state index contributed by atoms with van der Waals surface area (Å²) in [5.74, 6) is 2.54. The molecule has 3 aromatic rings. The molecule has 1 atom stereocenters. The number of aryl methyl sites for hydroxylation is 1. The van der Waals surface area contributed by atoms with E-state index in [9.17, 15) is 0 Å². The lowest BCUT2D eigenvalue weighted by Crippen LogP contribution is -2.19. The number of hydrogen-bond acceptors (Lipinski definition) is 6. The summed E-state index contributed by atoms with van der Waals surface area (Å²) in [7, 11) is 1.69. The van der Waals surface area contributed by atoms with Gasteiger partial charge in [-0.1, -0.05) is 12.1 Å². The Labute approximate surface area is 165 Å². The van der Waals surface area contributed by atoms with Crippen molar-refractivity contribution in [1.29, 1.82) is 0 Å². The van der Waals surface area contributed by atoms with E-state index in [1.54, 1.807) is 19.5 Å². The monoisotopic (exact) mass is 375 g/mol. The Hall–Kier alpha value is -2.99. The van der Waals surface area contributed by atoms with Crippen LogP contribution in [0.1, 0.15) is 30.2 Å². The van der Waals surface area contributed by atoms with Gasteiger partial charge in [0.1, 0.15) is 11.6 Å². The third-order valence-corrected chi connectivity index (χ3v) is 5.01. The number of rotatable bonds is 7. The second-order valence-electron chi connectivity index (χ2n) is 7.10. The van der Waals surface area contributed by atoms with Gasteiger partial charge < -0.3 is 15.4 Å². The molecule has 0 saturated carbocycles. The van der Waals surface area contributed by atoms with E-state index >= 15 is 0 Å². The molecule has 2 N–H and O–H groups in total. The Morgan fingerprint density at radius 3 is 2.75 bits per heavy atom. The lowest BCUT2D eigenvalue weighted by molar-refractivity contribution is 0.414. The SMILES string of the molecule is COc1ccc(CC[C@@H](C)Nc2nc(-c3cccnc3)nc3c2CNC3)cc1. The lowest BCUT2D eigenvalue weighted by Gasteiger charge is -2.17. The Balaban J connectivity index is 1.48. The summed E-state index contributed by atoms with van der Waals surface area (Å²) >= 11 is 0. The number of anilines is 1. The van der Waals surface area contributed by atoms with Gasteiger partial charge >= 0.3 is 0 Å². The molecule has 0 fully saturated rings. The molecular formula is C22H25N5O. The summed E-state index contributed by atoms with van der Waals surface area (Å²) < 4.78 is 5.23. The summed E-state index contributed by atoms with van der Waals surface area (Å²) in [6.45, 7) is 3.78. The normalized spacial score (nSPS) is 13.8. The fourth-order valence-electron chi connectivity index (χ4n) is 3.39. The van der Waals surface area contributed by atoms with Crippen molar-refractivity contribution >= 4 is 5.82 Å². The van der Waals surface area contributed by atoms with Crippen LogP contribution in [-0.2, 0) is 19.5 Å². The lowest BCUT2D eigenvalue weighted by atomic mass is 10.1. The van der Waals surface area contributed by atoms with E-state index in [2.05, 4.69) is 34.7 Å². The van der Waals surface area contributed by atoms with Gasteiger partial charge in [-0.05, 0) is 49.6 Å². The van der Waals surface area contributed by atoms with Crippen molar-refractivity contribution in [3.05, 3.63) is 65.6 Å². The second kappa shape index (κ2) is 8.35. The number of fused-ring (bicyclic) bond motifs is 1. The molecule has 0 saturated heterocycles. The van der Waals surface area contributed by atoms with E-state index in [4.69, 9.17) is 14.7 Å². The average molecular weight is 375 g/mol. The maximum Gasteiger partial charge on any atom is 0.163 e. The van der Waals surface area contributed by atoms with E-state index in [0.29, 0.717) is 6.04 Å². The second-order valence-corrected chi connectivity index (χ2v) is 7.10. The van der Waals surface area contributed by atoms with Crippen molar-refractivity contribution < 1.29 is 4.74 Å². The minimum atomic E-state index is 0.295. The summed E-state index contributed by atoms with van der Waals surface area (Å²) in [5.41, 5.74) is 4.48. The number of nitrogens with zero attached hydrogens (tertiary/aromatic N) is 3. The highest BCUT2D eigenvalue weighted by Crippen LogP contribution is 2.26. The topological polar surface area (TPSA) is 72.0 Å². The summed E-state index contributed by atoms with van der Waals surface area (Å²) in [6, 6.07) is 12.5. The Morgan fingerprint density at radius 1 is 1.14 bits per heavy atom. The molecule has 2 aromatic heterocycles. The predicted molar refractivity (Wildman–Crippen MR) is 110 cm³/mol. The zero-order valence-electron chi connectivity index (χ0n) is 16.3. The first kappa shape index (κ1) is 18.4. The van der Waals surface area contributed by atoms with Gasteiger partial charge in [0.05, 0.1) is 12.8 Å². The predicted octanol–water partition coefficient (Wildman–Crippen LogP) is 3.58. The highest BCUT2D eigenvalue weighted by Gasteiger charge is 2.20. The van der Waals surface area contributed by atoms with Crippen LogP contribution in [0.3, 0.4) is 0 Å². The van der Waals surface area contributed by atoms with Crippen molar-refractivity contribution in [2.24, 2.45) is 0 Å². The van der Waals surface area contributed by atoms with Crippen LogP contribution in [0, 0.1) is 0 Å². The van der Waals surface area contributed by atoms with Crippen LogP contribution in [0.2, 0.25) is 0 Å². The fourth-order valence-corrected chi connectivity index (χ4v) is 3.39. The molecule has 28 heavy (non-hydrogen) atoms. The van der Waals surface area contributed by atoms with Gasteiger partial charge in [-0.3, -0.25) is 4.98 Å². The molecule has 1 aliphatic heterocycles. The van der Waals surface area contributed by atoms with Gasteiger partial charge in [-0.2, -0.15) is 0 Å². The fraction of sp³-hybridized carbons (Fsp3) is 0.318. The summed E-state index contributed by atoms with van der Waals surface area (Å²) in [4.78, 5) is 13.7. The van der Waals surface area contributed by atoms with Gasteiger partial charge in [0, 0.05) is 42.7 Å². The quantitative estimate of drug-likeness (QED) is 0.658. The van der Waals surface area contributed by atoms with E-state index in [1.807, 2.05) is 24.3 Å². The Kier molecular flexibility index (Phi) is 5.48. The summed E-state index contributed by atoms with van der Waals surface area (Å²) in [5, 5.41) is 6.99. The van der Waals surface area contributed by atoms with Crippen LogP contribution < -0.4 is 15.4 Å². The van der Waals surface area contributed by atoms with Crippen molar-refractivity contribution in [2.45, 2.75) is 38.9 Å². The summed E-state index contributed by atoms with van der Waals surface area (Å²) in [6.07, 6.45) is 5.58. The van der Waals surface area contributed by atoms with Gasteiger partial charge in [0.25, 0.3) is 0 Å². The van der Waals surface area contributed by atoms with Crippen LogP contribution in [0.5, 0.6) is 5.75 Å². The first-order valence-corrected chi connectivity index (χ1v) is 9.63. The number of methoxy groups -OCH3 is 1. The van der Waals surface area contributed by atoms with E-state index in [0.717, 1.165) is 54.6 Å². The largest absolute Gasteiger partial charge is 0.497 e. The smallest absolute Gasteiger partial charge is 0.163 e. The Morgan fingerprint density at radius 2 is 2.00 bits per heavy atom. The number of aromatic nitrogens is 3. The molecule has 0 radical (unpaired) electrons. The van der Waals surface area contributed by atoms with Crippen molar-refractivity contribution in [3.63, 3.8) is 0 Å². The minimum absolute atomic E-state index is 0.295. The molecule has 0 unspecified atom stereocenters. The standard InChI is InChI=1S/C22H25N5O/c1-15(5-6-16-7-9-18(28-2)10-8-16)25-22-19-13-24-14-20(19)26-21(27-22)17-4-3-11-23-12-17/h3-4,7-12,15,24H,5-6,13-14H2,1-2H3,(H,25,26,27)/t15-/m1/s1. The van der Waals surface area contributed by atoms with E-state index in [-0.39, 0.29) is 0 Å². The molecule has 1 aliphatic rings. The van der Waals surface area contributed by atoms with Crippen molar-refractivity contribution in [3.8, 4) is 17.1 Å². The van der Waals surface area contributed by atoms with Crippen LogP contribution in [-0.4, -0.2) is 28.1 Å². The first-order valence-electron chi connectivity index (χ1n) is 9.63. The number of benzene rings is 1. The maximum atomic E-state index is 5.23. The molecule has 0 aliphatic carbocycles. The van der Waals surface area contributed by atoms with Gasteiger partial charge in [-0.15, -0.1) is 0 Å². The maximum absolute atomic E-state index is 5.23. The van der Waals surface area contributed by atoms with Crippen LogP contribution in [0.25, 0.3) is 11.4 Å². The highest BCUT2D eigenvalue weighted by molar-refractivity contribution is 5.59. The first-order chi connectivity index (χ1) is 13.7. The average Bonchev–Trinajstić information content (AvgIpc) is 3.22. The Bertz CT molecular complexity index is 928. The van der Waals surface area contributed by atoms with E-state index < -0.39 is 0 Å². The highest BCUT2D eigenvalue weighted by atomic mass is 16.5. The number of hydrogen-bond donors (Lipinski definition) is 2. The van der Waals surface area contributed by atoms with Crippen LogP contribution in [0.4, 0.5) is 5.82 Å². The number of pyridine rings is 1. The van der Waals surface area contributed by atoms with Gasteiger partial charge in [0.2, 0.25) is 0 Å². The molecule has 3 heterocycles. The molecule has 6 nitrogen and oxygen atoms in total.